The quantitative estimate of drug-likeness (QED) is 0.786. The van der Waals surface area contributed by atoms with Crippen LogP contribution >= 0.6 is 0 Å². The van der Waals surface area contributed by atoms with Crippen molar-refractivity contribution >= 4 is 10.9 Å². The molecule has 26 heavy (non-hydrogen) atoms. The molecule has 1 N–H and O–H groups in total. The van der Waals surface area contributed by atoms with Crippen molar-refractivity contribution in [3.8, 4) is 0 Å². The number of rotatable bonds is 4. The fourth-order valence-corrected chi connectivity index (χ4v) is 3.66. The third-order valence-electron chi connectivity index (χ3n) is 5.23. The molecular weight excluding hydrogens is 326 g/mol. The minimum Gasteiger partial charge on any atom is -0.388 e. The topological polar surface area (TPSA) is 58.4 Å². The van der Waals surface area contributed by atoms with Crippen molar-refractivity contribution in [3.05, 3.63) is 76.8 Å². The Morgan fingerprint density at radius 3 is 2.46 bits per heavy atom. The van der Waals surface area contributed by atoms with E-state index in [2.05, 4.69) is 34.1 Å². The molecule has 0 spiro atoms. The van der Waals surface area contributed by atoms with Crippen LogP contribution in [-0.4, -0.2) is 38.2 Å². The number of hydrogen-bond donors (Lipinski definition) is 1. The lowest BCUT2D eigenvalue weighted by Gasteiger charge is -2.38. The lowest BCUT2D eigenvalue weighted by Crippen LogP contribution is -2.47. The molecule has 0 amide bonds. The molecule has 4 rings (SSSR count). The zero-order chi connectivity index (χ0) is 18.0. The Morgan fingerprint density at radius 1 is 1.00 bits per heavy atom. The minimum atomic E-state index is -0.860. The third-order valence-corrected chi connectivity index (χ3v) is 5.23. The summed E-state index contributed by atoms with van der Waals surface area (Å²) in [4.78, 5) is 19.4. The molecule has 0 saturated carbocycles. The number of benzene rings is 2. The van der Waals surface area contributed by atoms with E-state index >= 15 is 0 Å². The largest absolute Gasteiger partial charge is 0.388 e. The number of nitrogens with zero attached hydrogens (tertiary/aromatic N) is 3. The smallest absolute Gasteiger partial charge is 0.261 e. The number of hydrogen-bond acceptors (Lipinski definition) is 4. The third kappa shape index (κ3) is 3.54. The van der Waals surface area contributed by atoms with E-state index in [9.17, 15) is 9.90 Å². The van der Waals surface area contributed by atoms with Crippen molar-refractivity contribution in [1.29, 1.82) is 0 Å². The summed E-state index contributed by atoms with van der Waals surface area (Å²) >= 11 is 0. The van der Waals surface area contributed by atoms with Crippen LogP contribution in [0.3, 0.4) is 0 Å². The Bertz CT molecular complexity index is 944. The second-order valence-electron chi connectivity index (χ2n) is 7.18. The molecule has 5 heteroatoms. The van der Waals surface area contributed by atoms with E-state index in [0.29, 0.717) is 30.3 Å². The van der Waals surface area contributed by atoms with E-state index < -0.39 is 5.60 Å². The summed E-state index contributed by atoms with van der Waals surface area (Å²) in [5, 5.41) is 11.6. The highest BCUT2D eigenvalue weighted by Crippen LogP contribution is 2.25. The predicted octanol–water partition coefficient (Wildman–Crippen LogP) is 2.42. The highest BCUT2D eigenvalue weighted by molar-refractivity contribution is 5.76. The van der Waals surface area contributed by atoms with Gasteiger partial charge in [0.15, 0.2) is 0 Å². The zero-order valence-corrected chi connectivity index (χ0v) is 14.7. The summed E-state index contributed by atoms with van der Waals surface area (Å²) < 4.78 is 1.55. The van der Waals surface area contributed by atoms with Gasteiger partial charge in [-0.2, -0.15) is 0 Å². The van der Waals surface area contributed by atoms with Crippen LogP contribution < -0.4 is 5.56 Å². The van der Waals surface area contributed by atoms with Crippen LogP contribution in [-0.2, 0) is 13.1 Å². The van der Waals surface area contributed by atoms with Crippen LogP contribution in [0.5, 0.6) is 0 Å². The lowest BCUT2D eigenvalue weighted by molar-refractivity contribution is -0.0364. The molecule has 0 bridgehead atoms. The van der Waals surface area contributed by atoms with Gasteiger partial charge in [-0.3, -0.25) is 14.3 Å². The molecule has 1 aliphatic heterocycles. The van der Waals surface area contributed by atoms with Gasteiger partial charge in [0.1, 0.15) is 0 Å². The normalized spacial score (nSPS) is 17.4. The summed E-state index contributed by atoms with van der Waals surface area (Å²) in [5.41, 5.74) is 1.03. The van der Waals surface area contributed by atoms with Crippen LogP contribution in [0.4, 0.5) is 0 Å². The zero-order valence-electron chi connectivity index (χ0n) is 14.7. The van der Waals surface area contributed by atoms with Gasteiger partial charge < -0.3 is 5.11 Å². The molecule has 134 valence electrons. The van der Waals surface area contributed by atoms with Gasteiger partial charge in [-0.1, -0.05) is 42.5 Å². The van der Waals surface area contributed by atoms with E-state index in [1.807, 2.05) is 24.3 Å². The van der Waals surface area contributed by atoms with Crippen LogP contribution in [0.2, 0.25) is 0 Å². The Labute approximate surface area is 152 Å². The fraction of sp³-hybridized carbons (Fsp3) is 0.333. The molecule has 1 saturated heterocycles. The SMILES string of the molecule is O=c1c2ccccc2ncn1CC1(O)CCN(Cc2ccccc2)CC1. The van der Waals surface area contributed by atoms with Crippen molar-refractivity contribution in [2.24, 2.45) is 0 Å². The number of fused-ring (bicyclic) bond motifs is 1. The molecule has 0 aliphatic carbocycles. The number of piperidine rings is 1. The van der Waals surface area contributed by atoms with E-state index in [0.717, 1.165) is 19.6 Å². The second kappa shape index (κ2) is 7.02. The van der Waals surface area contributed by atoms with Crippen molar-refractivity contribution in [3.63, 3.8) is 0 Å². The van der Waals surface area contributed by atoms with Gasteiger partial charge in [0.25, 0.3) is 5.56 Å². The molecule has 3 aromatic rings. The van der Waals surface area contributed by atoms with Gasteiger partial charge in [-0.05, 0) is 30.5 Å². The Hall–Kier alpha value is -2.50. The van der Waals surface area contributed by atoms with E-state index in [-0.39, 0.29) is 5.56 Å². The number of aromatic nitrogens is 2. The first-order valence-electron chi connectivity index (χ1n) is 9.06. The van der Waals surface area contributed by atoms with Crippen molar-refractivity contribution < 1.29 is 5.11 Å². The number of para-hydroxylation sites is 1. The first kappa shape index (κ1) is 16.9. The van der Waals surface area contributed by atoms with E-state index in [4.69, 9.17) is 0 Å². The molecule has 0 radical (unpaired) electrons. The monoisotopic (exact) mass is 349 g/mol. The molecule has 2 heterocycles. The molecule has 1 fully saturated rings. The summed E-state index contributed by atoms with van der Waals surface area (Å²) in [7, 11) is 0. The lowest BCUT2D eigenvalue weighted by atomic mass is 9.91. The maximum Gasteiger partial charge on any atom is 0.261 e. The second-order valence-corrected chi connectivity index (χ2v) is 7.18. The van der Waals surface area contributed by atoms with Crippen LogP contribution in [0.1, 0.15) is 18.4 Å². The van der Waals surface area contributed by atoms with Crippen molar-refractivity contribution in [2.75, 3.05) is 13.1 Å². The van der Waals surface area contributed by atoms with Crippen LogP contribution in [0.15, 0.2) is 65.7 Å². The average molecular weight is 349 g/mol. The molecular formula is C21H23N3O2. The first-order valence-corrected chi connectivity index (χ1v) is 9.06. The number of likely N-dealkylation sites (tertiary alicyclic amines) is 1. The van der Waals surface area contributed by atoms with E-state index in [1.54, 1.807) is 17.0 Å². The highest BCUT2D eigenvalue weighted by atomic mass is 16.3. The molecule has 1 aliphatic rings. The van der Waals surface area contributed by atoms with Crippen molar-refractivity contribution in [1.82, 2.24) is 14.5 Å². The maximum absolute atomic E-state index is 12.7. The number of aliphatic hydroxyl groups is 1. The summed E-state index contributed by atoms with van der Waals surface area (Å²) in [6, 6.07) is 17.7. The Balaban J connectivity index is 1.44. The highest BCUT2D eigenvalue weighted by Gasteiger charge is 2.33. The maximum atomic E-state index is 12.7. The molecule has 1 aromatic heterocycles. The summed E-state index contributed by atoms with van der Waals surface area (Å²) in [6.45, 7) is 2.83. The summed E-state index contributed by atoms with van der Waals surface area (Å²) in [5.74, 6) is 0. The van der Waals surface area contributed by atoms with Gasteiger partial charge in [-0.15, -0.1) is 0 Å². The predicted molar refractivity (Wildman–Crippen MR) is 102 cm³/mol. The van der Waals surface area contributed by atoms with Gasteiger partial charge in [0, 0.05) is 19.6 Å². The minimum absolute atomic E-state index is 0.0873. The first-order chi connectivity index (χ1) is 12.6. The molecule has 5 nitrogen and oxygen atoms in total. The molecule has 0 atom stereocenters. The van der Waals surface area contributed by atoms with Gasteiger partial charge in [0.05, 0.1) is 29.4 Å². The Morgan fingerprint density at radius 2 is 1.69 bits per heavy atom. The molecule has 0 unspecified atom stereocenters. The molecule has 2 aromatic carbocycles. The average Bonchev–Trinajstić information content (AvgIpc) is 2.67. The Kier molecular flexibility index (Phi) is 4.57. The fourth-order valence-electron chi connectivity index (χ4n) is 3.66. The van der Waals surface area contributed by atoms with E-state index in [1.165, 1.54) is 5.56 Å². The van der Waals surface area contributed by atoms with Crippen LogP contribution in [0.25, 0.3) is 10.9 Å². The van der Waals surface area contributed by atoms with Crippen LogP contribution in [0, 0.1) is 0 Å². The van der Waals surface area contributed by atoms with Gasteiger partial charge >= 0.3 is 0 Å². The van der Waals surface area contributed by atoms with Gasteiger partial charge in [-0.25, -0.2) is 4.98 Å². The van der Waals surface area contributed by atoms with Crippen molar-refractivity contribution in [2.45, 2.75) is 31.5 Å². The summed E-state index contributed by atoms with van der Waals surface area (Å²) in [6.07, 6.45) is 2.86. The van der Waals surface area contributed by atoms with Gasteiger partial charge in [0.2, 0.25) is 0 Å². The standard InChI is InChI=1S/C21H23N3O2/c25-20-18-8-4-5-9-19(18)22-16-24(20)15-21(26)10-12-23(13-11-21)14-17-6-2-1-3-7-17/h1-9,16,26H,10-15H2.